The van der Waals surface area contributed by atoms with Crippen LogP contribution in [0.1, 0.15) is 28.9 Å². The monoisotopic (exact) mass is 341 g/mol. The summed E-state index contributed by atoms with van der Waals surface area (Å²) >= 11 is 0. The minimum atomic E-state index is -0.952. The Hall–Kier alpha value is -3.13. The van der Waals surface area contributed by atoms with E-state index >= 15 is 0 Å². The average molecular weight is 341 g/mol. The molecule has 128 valence electrons. The van der Waals surface area contributed by atoms with Crippen LogP contribution in [0.3, 0.4) is 0 Å². The number of hydrogen-bond donors (Lipinski definition) is 2. The highest BCUT2D eigenvalue weighted by atomic mass is 19.1. The molecular weight excluding hydrogens is 325 g/mol. The lowest BCUT2D eigenvalue weighted by Crippen LogP contribution is -2.37. The second-order valence-corrected chi connectivity index (χ2v) is 5.56. The van der Waals surface area contributed by atoms with Gasteiger partial charge in [0.1, 0.15) is 12.1 Å². The summed E-state index contributed by atoms with van der Waals surface area (Å²) in [5.74, 6) is -0.726. The van der Waals surface area contributed by atoms with Gasteiger partial charge in [0.15, 0.2) is 0 Å². The van der Waals surface area contributed by atoms with Gasteiger partial charge in [-0.3, -0.25) is 4.79 Å². The summed E-state index contributed by atoms with van der Waals surface area (Å²) < 4.78 is 14.4. The smallest absolute Gasteiger partial charge is 0.251 e. The fourth-order valence-electron chi connectivity index (χ4n) is 2.39. The summed E-state index contributed by atoms with van der Waals surface area (Å²) in [4.78, 5) is 12.4. The van der Waals surface area contributed by atoms with Gasteiger partial charge in [0, 0.05) is 5.56 Å². The molecule has 0 bridgehead atoms. The normalized spacial score (nSPS) is 13.2. The highest BCUT2D eigenvalue weighted by Gasteiger charge is 2.19. The number of aliphatic hydroxyl groups is 1. The summed E-state index contributed by atoms with van der Waals surface area (Å²) in [5.41, 5.74) is 1.58. The van der Waals surface area contributed by atoms with E-state index in [4.69, 9.17) is 0 Å². The third-order valence-corrected chi connectivity index (χ3v) is 3.77. The van der Waals surface area contributed by atoms with Gasteiger partial charge >= 0.3 is 0 Å². The zero-order valence-electron chi connectivity index (χ0n) is 13.4. The SMILES string of the molecule is C[C@@H](NC(=O)c1cccc(-n2cnnn2)c1)[C@H](O)c1ccc(F)cc1. The molecule has 3 rings (SSSR count). The van der Waals surface area contributed by atoms with Crippen LogP contribution in [0.15, 0.2) is 54.9 Å². The molecule has 0 unspecified atom stereocenters. The van der Waals surface area contributed by atoms with Gasteiger partial charge in [-0.15, -0.1) is 5.10 Å². The van der Waals surface area contributed by atoms with Crippen molar-refractivity contribution in [3.8, 4) is 5.69 Å². The Morgan fingerprint density at radius 3 is 2.68 bits per heavy atom. The maximum Gasteiger partial charge on any atom is 0.251 e. The lowest BCUT2D eigenvalue weighted by Gasteiger charge is -2.20. The van der Waals surface area contributed by atoms with Crippen molar-refractivity contribution in [2.75, 3.05) is 0 Å². The predicted octanol–water partition coefficient (Wildman–Crippen LogP) is 1.65. The minimum Gasteiger partial charge on any atom is -0.386 e. The Labute approximate surface area is 143 Å². The number of hydrogen-bond acceptors (Lipinski definition) is 5. The number of nitrogens with one attached hydrogen (secondary N) is 1. The first-order chi connectivity index (χ1) is 12.0. The van der Waals surface area contributed by atoms with E-state index in [0.717, 1.165) is 0 Å². The van der Waals surface area contributed by atoms with E-state index in [-0.39, 0.29) is 11.7 Å². The van der Waals surface area contributed by atoms with Crippen LogP contribution in [-0.4, -0.2) is 37.3 Å². The van der Waals surface area contributed by atoms with E-state index in [0.29, 0.717) is 16.8 Å². The molecule has 1 aromatic heterocycles. The molecule has 0 fully saturated rings. The van der Waals surface area contributed by atoms with Crippen LogP contribution in [0.2, 0.25) is 0 Å². The summed E-state index contributed by atoms with van der Waals surface area (Å²) in [7, 11) is 0. The fourth-order valence-corrected chi connectivity index (χ4v) is 2.39. The van der Waals surface area contributed by atoms with Gasteiger partial charge in [0.25, 0.3) is 5.91 Å². The molecule has 0 aliphatic carbocycles. The van der Waals surface area contributed by atoms with Gasteiger partial charge in [0.2, 0.25) is 0 Å². The zero-order chi connectivity index (χ0) is 17.8. The highest BCUT2D eigenvalue weighted by molar-refractivity contribution is 5.94. The van der Waals surface area contributed by atoms with Crippen LogP contribution in [-0.2, 0) is 0 Å². The molecule has 0 saturated heterocycles. The van der Waals surface area contributed by atoms with E-state index in [1.54, 1.807) is 31.2 Å². The molecule has 2 aromatic carbocycles. The topological polar surface area (TPSA) is 92.9 Å². The number of benzene rings is 2. The lowest BCUT2D eigenvalue weighted by atomic mass is 10.0. The number of carbonyl (C=O) groups is 1. The third-order valence-electron chi connectivity index (χ3n) is 3.77. The van der Waals surface area contributed by atoms with Crippen LogP contribution in [0.5, 0.6) is 0 Å². The first-order valence-electron chi connectivity index (χ1n) is 7.62. The van der Waals surface area contributed by atoms with Gasteiger partial charge in [-0.2, -0.15) is 0 Å². The van der Waals surface area contributed by atoms with Crippen molar-refractivity contribution in [3.63, 3.8) is 0 Å². The van der Waals surface area contributed by atoms with E-state index < -0.39 is 12.1 Å². The molecule has 1 heterocycles. The molecular formula is C17H16FN5O2. The summed E-state index contributed by atoms with van der Waals surface area (Å²) in [6.45, 7) is 1.68. The van der Waals surface area contributed by atoms with Crippen LogP contribution in [0, 0.1) is 5.82 Å². The van der Waals surface area contributed by atoms with Crippen LogP contribution < -0.4 is 5.32 Å². The summed E-state index contributed by atoms with van der Waals surface area (Å²) in [6, 6.07) is 11.7. The molecule has 3 aromatic rings. The number of halogens is 1. The van der Waals surface area contributed by atoms with Crippen molar-refractivity contribution in [3.05, 3.63) is 71.8 Å². The van der Waals surface area contributed by atoms with Crippen molar-refractivity contribution < 1.29 is 14.3 Å². The molecule has 2 N–H and O–H groups in total. The van der Waals surface area contributed by atoms with E-state index in [2.05, 4.69) is 20.8 Å². The van der Waals surface area contributed by atoms with Crippen molar-refractivity contribution >= 4 is 5.91 Å². The van der Waals surface area contributed by atoms with Gasteiger partial charge < -0.3 is 10.4 Å². The standard InChI is InChI=1S/C17H16FN5O2/c1-11(16(24)12-5-7-14(18)8-6-12)20-17(25)13-3-2-4-15(9-13)23-10-19-21-22-23/h2-11,16,24H,1H3,(H,20,25)/t11-,16+/m1/s1. The van der Waals surface area contributed by atoms with Gasteiger partial charge in [-0.05, 0) is 53.2 Å². The van der Waals surface area contributed by atoms with Gasteiger partial charge in [0.05, 0.1) is 17.8 Å². The van der Waals surface area contributed by atoms with Gasteiger partial charge in [-0.25, -0.2) is 9.07 Å². The molecule has 0 radical (unpaired) electrons. The zero-order valence-corrected chi connectivity index (χ0v) is 13.4. The van der Waals surface area contributed by atoms with Crippen molar-refractivity contribution in [1.82, 2.24) is 25.5 Å². The van der Waals surface area contributed by atoms with Crippen molar-refractivity contribution in [2.45, 2.75) is 19.1 Å². The number of aliphatic hydroxyl groups excluding tert-OH is 1. The first kappa shape index (κ1) is 16.7. The highest BCUT2D eigenvalue weighted by Crippen LogP contribution is 2.18. The number of aromatic nitrogens is 4. The molecule has 1 amide bonds. The van der Waals surface area contributed by atoms with E-state index in [1.807, 2.05) is 0 Å². The number of nitrogens with zero attached hydrogens (tertiary/aromatic N) is 4. The second-order valence-electron chi connectivity index (χ2n) is 5.56. The summed E-state index contributed by atoms with van der Waals surface area (Å²) in [6.07, 6.45) is 0.477. The van der Waals surface area contributed by atoms with E-state index in [9.17, 15) is 14.3 Å². The average Bonchev–Trinajstić information content (AvgIpc) is 3.16. The Balaban J connectivity index is 1.71. The van der Waals surface area contributed by atoms with Crippen LogP contribution in [0.25, 0.3) is 5.69 Å². The third kappa shape index (κ3) is 3.86. The Morgan fingerprint density at radius 1 is 1.24 bits per heavy atom. The molecule has 0 aliphatic heterocycles. The minimum absolute atomic E-state index is 0.344. The van der Waals surface area contributed by atoms with Crippen molar-refractivity contribution in [1.29, 1.82) is 0 Å². The first-order valence-corrected chi connectivity index (χ1v) is 7.62. The second kappa shape index (κ2) is 7.18. The van der Waals surface area contributed by atoms with Gasteiger partial charge in [-0.1, -0.05) is 18.2 Å². The molecule has 2 atom stereocenters. The van der Waals surface area contributed by atoms with Crippen LogP contribution in [0.4, 0.5) is 4.39 Å². The maximum atomic E-state index is 13.0. The number of rotatable bonds is 5. The van der Waals surface area contributed by atoms with Crippen LogP contribution >= 0.6 is 0 Å². The summed E-state index contributed by atoms with van der Waals surface area (Å²) in [5, 5.41) is 23.9. The Kier molecular flexibility index (Phi) is 4.80. The lowest BCUT2D eigenvalue weighted by molar-refractivity contribution is 0.0852. The molecule has 0 aliphatic rings. The fraction of sp³-hybridized carbons (Fsp3) is 0.176. The van der Waals surface area contributed by atoms with Crippen molar-refractivity contribution in [2.24, 2.45) is 0 Å². The molecule has 0 saturated carbocycles. The molecule has 0 spiro atoms. The Bertz CT molecular complexity index is 852. The quantitative estimate of drug-likeness (QED) is 0.736. The number of carbonyl (C=O) groups excluding carboxylic acids is 1. The Morgan fingerprint density at radius 2 is 2.00 bits per heavy atom. The molecule has 7 nitrogen and oxygen atoms in total. The molecule has 25 heavy (non-hydrogen) atoms. The predicted molar refractivity (Wildman–Crippen MR) is 87.4 cm³/mol. The number of tetrazole rings is 1. The largest absolute Gasteiger partial charge is 0.386 e. The molecule has 8 heteroatoms. The number of amides is 1. The maximum absolute atomic E-state index is 13.0. The van der Waals surface area contributed by atoms with E-state index in [1.165, 1.54) is 35.3 Å².